The second-order valence-electron chi connectivity index (χ2n) is 7.29. The van der Waals surface area contributed by atoms with E-state index >= 15 is 0 Å². The third-order valence-corrected chi connectivity index (χ3v) is 5.94. The first-order valence-corrected chi connectivity index (χ1v) is 10.8. The fraction of sp³-hybridized carbons (Fsp3) is 0.348. The standard InChI is InChI=1S/C23H27N3O2S/c1-5-6-13-26-22(28)18-9-7-8-10-20(18)25-23(26)29-17(4)21(27)24-19-12-11-15(2)14-16(19)3/h7-12,14,17H,5-6,13H2,1-4H3,(H,24,27). The molecule has 3 rings (SSSR count). The first-order chi connectivity index (χ1) is 13.9. The molecule has 3 aromatic rings. The first-order valence-electron chi connectivity index (χ1n) is 9.95. The molecule has 0 radical (unpaired) electrons. The summed E-state index contributed by atoms with van der Waals surface area (Å²) in [4.78, 5) is 30.5. The minimum absolute atomic E-state index is 0.0477. The van der Waals surface area contributed by atoms with E-state index in [9.17, 15) is 9.59 Å². The number of carbonyl (C=O) groups excluding carboxylic acids is 1. The van der Waals surface area contributed by atoms with Gasteiger partial charge >= 0.3 is 0 Å². The maximum Gasteiger partial charge on any atom is 0.262 e. The van der Waals surface area contributed by atoms with Gasteiger partial charge in [0.25, 0.3) is 5.56 Å². The summed E-state index contributed by atoms with van der Waals surface area (Å²) in [6.07, 6.45) is 1.86. The van der Waals surface area contributed by atoms with E-state index in [4.69, 9.17) is 4.98 Å². The van der Waals surface area contributed by atoms with Crippen LogP contribution in [-0.4, -0.2) is 20.7 Å². The lowest BCUT2D eigenvalue weighted by Crippen LogP contribution is -2.27. The van der Waals surface area contributed by atoms with E-state index in [1.54, 1.807) is 10.6 Å². The van der Waals surface area contributed by atoms with Crippen molar-refractivity contribution in [1.82, 2.24) is 9.55 Å². The quantitative estimate of drug-likeness (QED) is 0.444. The van der Waals surface area contributed by atoms with Crippen molar-refractivity contribution in [3.05, 3.63) is 63.9 Å². The number of thioether (sulfide) groups is 1. The molecule has 1 atom stereocenters. The van der Waals surface area contributed by atoms with E-state index in [0.717, 1.165) is 29.7 Å². The number of para-hydroxylation sites is 1. The van der Waals surface area contributed by atoms with Crippen LogP contribution in [0.2, 0.25) is 0 Å². The first kappa shape index (κ1) is 21.1. The van der Waals surface area contributed by atoms with Crippen molar-refractivity contribution in [3.63, 3.8) is 0 Å². The summed E-state index contributed by atoms with van der Waals surface area (Å²) in [5.41, 5.74) is 3.61. The molecular weight excluding hydrogens is 382 g/mol. The van der Waals surface area contributed by atoms with Crippen molar-refractivity contribution in [3.8, 4) is 0 Å². The van der Waals surface area contributed by atoms with Crippen molar-refractivity contribution in [2.24, 2.45) is 0 Å². The van der Waals surface area contributed by atoms with Gasteiger partial charge in [0.2, 0.25) is 5.91 Å². The van der Waals surface area contributed by atoms with E-state index in [0.29, 0.717) is 22.6 Å². The number of fused-ring (bicyclic) bond motifs is 1. The Morgan fingerprint density at radius 2 is 1.97 bits per heavy atom. The molecule has 1 heterocycles. The second-order valence-corrected chi connectivity index (χ2v) is 8.60. The van der Waals surface area contributed by atoms with Crippen LogP contribution in [0.4, 0.5) is 5.69 Å². The number of anilines is 1. The number of hydrogen-bond acceptors (Lipinski definition) is 4. The number of amides is 1. The van der Waals surface area contributed by atoms with E-state index in [1.165, 1.54) is 11.8 Å². The maximum atomic E-state index is 13.0. The summed E-state index contributed by atoms with van der Waals surface area (Å²) >= 11 is 1.33. The number of benzene rings is 2. The number of aryl methyl sites for hydroxylation is 2. The molecule has 0 aliphatic heterocycles. The number of nitrogens with zero attached hydrogens (tertiary/aromatic N) is 2. The molecule has 0 aliphatic carbocycles. The van der Waals surface area contributed by atoms with Gasteiger partial charge in [0.1, 0.15) is 0 Å². The number of unbranched alkanes of at least 4 members (excludes halogenated alkanes) is 1. The van der Waals surface area contributed by atoms with Gasteiger partial charge in [-0.15, -0.1) is 0 Å². The Bertz CT molecular complexity index is 1090. The largest absolute Gasteiger partial charge is 0.325 e. The molecule has 0 spiro atoms. The number of hydrogen-bond donors (Lipinski definition) is 1. The molecule has 0 aliphatic rings. The number of nitrogens with one attached hydrogen (secondary N) is 1. The van der Waals surface area contributed by atoms with Crippen molar-refractivity contribution in [2.75, 3.05) is 5.32 Å². The lowest BCUT2D eigenvalue weighted by Gasteiger charge is -2.17. The predicted octanol–water partition coefficient (Wildman–Crippen LogP) is 4.93. The van der Waals surface area contributed by atoms with Crippen LogP contribution in [0, 0.1) is 13.8 Å². The van der Waals surface area contributed by atoms with Crippen LogP contribution >= 0.6 is 11.8 Å². The average Bonchev–Trinajstić information content (AvgIpc) is 2.70. The molecule has 2 aromatic carbocycles. The molecular formula is C23H27N3O2S. The van der Waals surface area contributed by atoms with E-state index < -0.39 is 5.25 Å². The van der Waals surface area contributed by atoms with Gasteiger partial charge in [-0.2, -0.15) is 0 Å². The van der Waals surface area contributed by atoms with Crippen LogP contribution in [0.15, 0.2) is 52.4 Å². The minimum Gasteiger partial charge on any atom is -0.325 e. The average molecular weight is 410 g/mol. The number of carbonyl (C=O) groups is 1. The van der Waals surface area contributed by atoms with Gasteiger partial charge in [-0.05, 0) is 51.0 Å². The summed E-state index contributed by atoms with van der Waals surface area (Å²) < 4.78 is 1.71. The van der Waals surface area contributed by atoms with Crippen molar-refractivity contribution in [1.29, 1.82) is 0 Å². The third-order valence-electron chi connectivity index (χ3n) is 4.85. The molecule has 152 valence electrons. The summed E-state index contributed by atoms with van der Waals surface area (Å²) in [5, 5.41) is 3.80. The zero-order valence-electron chi connectivity index (χ0n) is 17.4. The molecule has 0 saturated heterocycles. The summed E-state index contributed by atoms with van der Waals surface area (Å²) in [5.74, 6) is -0.105. The van der Waals surface area contributed by atoms with E-state index in [2.05, 4.69) is 12.2 Å². The van der Waals surface area contributed by atoms with Gasteiger partial charge < -0.3 is 5.32 Å². The Hall–Kier alpha value is -2.60. The molecule has 1 amide bonds. The van der Waals surface area contributed by atoms with E-state index in [1.807, 2.05) is 57.2 Å². The Kier molecular flexibility index (Phi) is 6.75. The molecule has 1 N–H and O–H groups in total. The summed E-state index contributed by atoms with van der Waals surface area (Å²) in [7, 11) is 0. The predicted molar refractivity (Wildman–Crippen MR) is 121 cm³/mol. The smallest absolute Gasteiger partial charge is 0.262 e. The Balaban J connectivity index is 1.87. The highest BCUT2D eigenvalue weighted by atomic mass is 32.2. The van der Waals surface area contributed by atoms with Gasteiger partial charge in [0.15, 0.2) is 5.16 Å². The van der Waals surface area contributed by atoms with Crippen LogP contribution in [-0.2, 0) is 11.3 Å². The SMILES string of the molecule is CCCCn1c(SC(C)C(=O)Nc2ccc(C)cc2C)nc2ccccc2c1=O. The monoisotopic (exact) mass is 409 g/mol. The highest BCUT2D eigenvalue weighted by Gasteiger charge is 2.20. The molecule has 1 aromatic heterocycles. The molecule has 0 saturated carbocycles. The molecule has 0 bridgehead atoms. The zero-order chi connectivity index (χ0) is 21.0. The second kappa shape index (κ2) is 9.27. The lowest BCUT2D eigenvalue weighted by molar-refractivity contribution is -0.115. The fourth-order valence-electron chi connectivity index (χ4n) is 3.15. The van der Waals surface area contributed by atoms with Crippen LogP contribution in [0.5, 0.6) is 0 Å². The Labute approximate surface area is 175 Å². The van der Waals surface area contributed by atoms with Crippen molar-refractivity contribution >= 4 is 34.3 Å². The molecule has 29 heavy (non-hydrogen) atoms. The van der Waals surface area contributed by atoms with Crippen molar-refractivity contribution < 1.29 is 4.79 Å². The van der Waals surface area contributed by atoms with Gasteiger partial charge in [-0.3, -0.25) is 14.2 Å². The van der Waals surface area contributed by atoms with Gasteiger partial charge in [0, 0.05) is 12.2 Å². The Morgan fingerprint density at radius 3 is 2.69 bits per heavy atom. The third kappa shape index (κ3) is 4.88. The minimum atomic E-state index is -0.392. The Morgan fingerprint density at radius 1 is 1.21 bits per heavy atom. The molecule has 5 nitrogen and oxygen atoms in total. The van der Waals surface area contributed by atoms with Gasteiger partial charge in [-0.1, -0.05) is 54.9 Å². The normalized spacial score (nSPS) is 12.1. The summed E-state index contributed by atoms with van der Waals surface area (Å²) in [6, 6.07) is 13.3. The number of rotatable bonds is 7. The summed E-state index contributed by atoms with van der Waals surface area (Å²) in [6.45, 7) is 8.54. The highest BCUT2D eigenvalue weighted by molar-refractivity contribution is 8.00. The van der Waals surface area contributed by atoms with E-state index in [-0.39, 0.29) is 11.5 Å². The lowest BCUT2D eigenvalue weighted by atomic mass is 10.1. The maximum absolute atomic E-state index is 13.0. The van der Waals surface area contributed by atoms with Crippen LogP contribution in [0.3, 0.4) is 0 Å². The number of aromatic nitrogens is 2. The molecule has 1 unspecified atom stereocenters. The van der Waals surface area contributed by atoms with Crippen molar-refractivity contribution in [2.45, 2.75) is 57.5 Å². The van der Waals surface area contributed by atoms with Crippen LogP contribution in [0.1, 0.15) is 37.8 Å². The van der Waals surface area contributed by atoms with Crippen LogP contribution in [0.25, 0.3) is 10.9 Å². The van der Waals surface area contributed by atoms with Gasteiger partial charge in [0.05, 0.1) is 16.2 Å². The highest BCUT2D eigenvalue weighted by Crippen LogP contribution is 2.25. The topological polar surface area (TPSA) is 64.0 Å². The molecule has 0 fully saturated rings. The van der Waals surface area contributed by atoms with Gasteiger partial charge in [-0.25, -0.2) is 4.98 Å². The van der Waals surface area contributed by atoms with Crippen LogP contribution < -0.4 is 10.9 Å². The zero-order valence-corrected chi connectivity index (χ0v) is 18.2. The fourth-order valence-corrected chi connectivity index (χ4v) is 4.09. The molecule has 6 heteroatoms.